The number of hydrogen-bond donors (Lipinski definition) is 2. The fourth-order valence-corrected chi connectivity index (χ4v) is 2.97. The number of amides is 1. The summed E-state index contributed by atoms with van der Waals surface area (Å²) in [5.74, 6) is -0.188. The van der Waals surface area contributed by atoms with E-state index in [1.165, 1.54) is 11.3 Å². The van der Waals surface area contributed by atoms with Gasteiger partial charge in [0.1, 0.15) is 0 Å². The van der Waals surface area contributed by atoms with Crippen LogP contribution in [0.25, 0.3) is 10.2 Å². The third-order valence-corrected chi connectivity index (χ3v) is 4.28. The summed E-state index contributed by atoms with van der Waals surface area (Å²) >= 11 is 7.39. The predicted octanol–water partition coefficient (Wildman–Crippen LogP) is 3.87. The molecular formula is C16H11ClN4OS. The lowest BCUT2D eigenvalue weighted by Crippen LogP contribution is -2.21. The van der Waals surface area contributed by atoms with Crippen molar-refractivity contribution in [2.24, 2.45) is 0 Å². The maximum absolute atomic E-state index is 11.9. The predicted molar refractivity (Wildman–Crippen MR) is 92.9 cm³/mol. The average molecular weight is 343 g/mol. The van der Waals surface area contributed by atoms with Crippen molar-refractivity contribution in [1.82, 2.24) is 4.98 Å². The van der Waals surface area contributed by atoms with Gasteiger partial charge in [0.25, 0.3) is 0 Å². The Morgan fingerprint density at radius 2 is 2.04 bits per heavy atom. The maximum atomic E-state index is 11.9. The van der Waals surface area contributed by atoms with E-state index >= 15 is 0 Å². The van der Waals surface area contributed by atoms with Gasteiger partial charge in [-0.3, -0.25) is 4.79 Å². The highest BCUT2D eigenvalue weighted by Gasteiger charge is 2.07. The average Bonchev–Trinajstić information content (AvgIpc) is 2.95. The Bertz CT molecular complexity index is 899. The van der Waals surface area contributed by atoms with Gasteiger partial charge < -0.3 is 10.6 Å². The summed E-state index contributed by atoms with van der Waals surface area (Å²) in [4.78, 5) is 16.3. The molecule has 7 heteroatoms. The molecule has 0 atom stereocenters. The Kier molecular flexibility index (Phi) is 4.42. The standard InChI is InChI=1S/C16H11ClN4OS/c17-11-3-6-14-13(7-11)21-16(23-14)19-9-15(22)20-12-4-1-10(8-18)2-5-12/h1-7H,9H2,(H,19,21)(H,20,22). The lowest BCUT2D eigenvalue weighted by atomic mass is 10.2. The first-order valence-corrected chi connectivity index (χ1v) is 7.93. The van der Waals surface area contributed by atoms with Gasteiger partial charge in [-0.2, -0.15) is 5.26 Å². The molecule has 1 amide bonds. The summed E-state index contributed by atoms with van der Waals surface area (Å²) in [7, 11) is 0. The second-order valence-electron chi connectivity index (χ2n) is 4.72. The zero-order chi connectivity index (χ0) is 16.2. The Labute approximate surface area is 141 Å². The van der Waals surface area contributed by atoms with Gasteiger partial charge in [-0.15, -0.1) is 0 Å². The van der Waals surface area contributed by atoms with Gasteiger partial charge in [0.05, 0.1) is 28.4 Å². The quantitative estimate of drug-likeness (QED) is 0.754. The van der Waals surface area contributed by atoms with Crippen molar-refractivity contribution in [3.8, 4) is 6.07 Å². The van der Waals surface area contributed by atoms with Crippen molar-refractivity contribution in [3.05, 3.63) is 53.1 Å². The van der Waals surface area contributed by atoms with Crippen LogP contribution in [0.1, 0.15) is 5.56 Å². The second kappa shape index (κ2) is 6.65. The Morgan fingerprint density at radius 3 is 2.78 bits per heavy atom. The van der Waals surface area contributed by atoms with Crippen LogP contribution in [0.2, 0.25) is 5.02 Å². The lowest BCUT2D eigenvalue weighted by Gasteiger charge is -2.05. The molecule has 114 valence electrons. The number of nitrogens with zero attached hydrogens (tertiary/aromatic N) is 2. The van der Waals surface area contributed by atoms with E-state index in [4.69, 9.17) is 16.9 Å². The van der Waals surface area contributed by atoms with Gasteiger partial charge in [-0.25, -0.2) is 4.98 Å². The second-order valence-corrected chi connectivity index (χ2v) is 6.19. The van der Waals surface area contributed by atoms with Crippen LogP contribution in [0.3, 0.4) is 0 Å². The Balaban J connectivity index is 1.60. The molecule has 5 nitrogen and oxygen atoms in total. The van der Waals surface area contributed by atoms with Crippen LogP contribution in [-0.2, 0) is 4.79 Å². The number of thiazole rings is 1. The zero-order valence-electron chi connectivity index (χ0n) is 11.8. The number of rotatable bonds is 4. The molecule has 0 saturated carbocycles. The number of carbonyl (C=O) groups excluding carboxylic acids is 1. The molecule has 0 saturated heterocycles. The van der Waals surface area contributed by atoms with E-state index in [0.29, 0.717) is 21.4 Å². The first-order chi connectivity index (χ1) is 11.1. The molecule has 0 aliphatic rings. The molecule has 0 aliphatic heterocycles. The van der Waals surface area contributed by atoms with E-state index in [1.54, 1.807) is 30.3 Å². The fraction of sp³-hybridized carbons (Fsp3) is 0.0625. The third kappa shape index (κ3) is 3.77. The van der Waals surface area contributed by atoms with Gasteiger partial charge in [0, 0.05) is 10.7 Å². The van der Waals surface area contributed by atoms with E-state index < -0.39 is 0 Å². The zero-order valence-corrected chi connectivity index (χ0v) is 13.4. The van der Waals surface area contributed by atoms with Gasteiger partial charge in [-0.05, 0) is 42.5 Å². The van der Waals surface area contributed by atoms with Crippen LogP contribution in [0.15, 0.2) is 42.5 Å². The van der Waals surface area contributed by atoms with E-state index in [-0.39, 0.29) is 12.5 Å². The molecule has 1 aromatic heterocycles. The monoisotopic (exact) mass is 342 g/mol. The molecule has 0 fully saturated rings. The molecule has 0 aliphatic carbocycles. The minimum atomic E-state index is -0.188. The summed E-state index contributed by atoms with van der Waals surface area (Å²) in [5, 5.41) is 15.8. The van der Waals surface area contributed by atoms with Crippen LogP contribution >= 0.6 is 22.9 Å². The molecule has 0 radical (unpaired) electrons. The van der Waals surface area contributed by atoms with E-state index in [2.05, 4.69) is 15.6 Å². The summed E-state index contributed by atoms with van der Waals surface area (Å²) in [6.45, 7) is 0.105. The first kappa shape index (κ1) is 15.3. The number of nitrogens with one attached hydrogen (secondary N) is 2. The van der Waals surface area contributed by atoms with Crippen molar-refractivity contribution in [1.29, 1.82) is 5.26 Å². The molecule has 2 aromatic carbocycles. The Hall–Kier alpha value is -2.62. The van der Waals surface area contributed by atoms with Gasteiger partial charge in [-0.1, -0.05) is 22.9 Å². The summed E-state index contributed by atoms with van der Waals surface area (Å²) in [6, 6.07) is 14.2. The molecule has 0 bridgehead atoms. The fourth-order valence-electron chi connectivity index (χ4n) is 1.97. The molecule has 3 aromatic rings. The number of carbonyl (C=O) groups is 1. The largest absolute Gasteiger partial charge is 0.352 e. The normalized spacial score (nSPS) is 10.3. The number of fused-ring (bicyclic) bond motifs is 1. The lowest BCUT2D eigenvalue weighted by molar-refractivity contribution is -0.114. The smallest absolute Gasteiger partial charge is 0.243 e. The molecular weight excluding hydrogens is 332 g/mol. The maximum Gasteiger partial charge on any atom is 0.243 e. The van der Waals surface area contributed by atoms with E-state index in [9.17, 15) is 4.79 Å². The number of aromatic nitrogens is 1. The molecule has 3 rings (SSSR count). The van der Waals surface area contributed by atoms with Crippen LogP contribution in [0, 0.1) is 11.3 Å². The highest BCUT2D eigenvalue weighted by atomic mass is 35.5. The highest BCUT2D eigenvalue weighted by molar-refractivity contribution is 7.22. The topological polar surface area (TPSA) is 77.8 Å². The van der Waals surface area contributed by atoms with Crippen LogP contribution < -0.4 is 10.6 Å². The molecule has 0 unspecified atom stereocenters. The van der Waals surface area contributed by atoms with Crippen molar-refractivity contribution in [2.45, 2.75) is 0 Å². The summed E-state index contributed by atoms with van der Waals surface area (Å²) < 4.78 is 1.00. The van der Waals surface area contributed by atoms with Gasteiger partial charge >= 0.3 is 0 Å². The molecule has 23 heavy (non-hydrogen) atoms. The number of halogens is 1. The third-order valence-electron chi connectivity index (χ3n) is 3.05. The van der Waals surface area contributed by atoms with Crippen LogP contribution in [0.4, 0.5) is 10.8 Å². The van der Waals surface area contributed by atoms with Crippen molar-refractivity contribution < 1.29 is 4.79 Å². The Morgan fingerprint density at radius 1 is 1.26 bits per heavy atom. The van der Waals surface area contributed by atoms with Crippen LogP contribution in [-0.4, -0.2) is 17.4 Å². The molecule has 2 N–H and O–H groups in total. The van der Waals surface area contributed by atoms with Gasteiger partial charge in [0.2, 0.25) is 5.91 Å². The first-order valence-electron chi connectivity index (χ1n) is 6.74. The van der Waals surface area contributed by atoms with Crippen molar-refractivity contribution in [3.63, 3.8) is 0 Å². The number of hydrogen-bond acceptors (Lipinski definition) is 5. The number of nitriles is 1. The minimum absolute atomic E-state index is 0.105. The van der Waals surface area contributed by atoms with E-state index in [0.717, 1.165) is 10.2 Å². The van der Waals surface area contributed by atoms with Crippen molar-refractivity contribution >= 4 is 49.9 Å². The highest BCUT2D eigenvalue weighted by Crippen LogP contribution is 2.27. The molecule has 0 spiro atoms. The summed E-state index contributed by atoms with van der Waals surface area (Å²) in [5.41, 5.74) is 2.00. The summed E-state index contributed by atoms with van der Waals surface area (Å²) in [6.07, 6.45) is 0. The van der Waals surface area contributed by atoms with E-state index in [1.807, 2.05) is 18.2 Å². The SMILES string of the molecule is N#Cc1ccc(NC(=O)CNc2nc3cc(Cl)ccc3s2)cc1. The number of benzene rings is 2. The molecule has 1 heterocycles. The number of anilines is 2. The van der Waals surface area contributed by atoms with Crippen LogP contribution in [0.5, 0.6) is 0 Å². The minimum Gasteiger partial charge on any atom is -0.352 e. The van der Waals surface area contributed by atoms with Gasteiger partial charge in [0.15, 0.2) is 5.13 Å². The van der Waals surface area contributed by atoms with Crippen molar-refractivity contribution in [2.75, 3.05) is 17.2 Å².